The number of hydrogen-bond acceptors (Lipinski definition) is 7. The van der Waals surface area contributed by atoms with Crippen molar-refractivity contribution in [3.63, 3.8) is 0 Å². The summed E-state index contributed by atoms with van der Waals surface area (Å²) in [6, 6.07) is 0.671. The van der Waals surface area contributed by atoms with Crippen molar-refractivity contribution in [2.24, 2.45) is 0 Å². The lowest BCUT2D eigenvalue weighted by Crippen LogP contribution is -2.46. The average molecular weight is 432 g/mol. The summed E-state index contributed by atoms with van der Waals surface area (Å²) >= 11 is 1.79. The first-order valence-electron chi connectivity index (χ1n) is 11.7. The van der Waals surface area contributed by atoms with E-state index in [9.17, 15) is 5.11 Å². The van der Waals surface area contributed by atoms with Crippen LogP contribution in [0.15, 0.2) is 6.33 Å². The lowest BCUT2D eigenvalue weighted by molar-refractivity contribution is -0.00126. The summed E-state index contributed by atoms with van der Waals surface area (Å²) in [4.78, 5) is 14.2. The lowest BCUT2D eigenvalue weighted by Gasteiger charge is -2.38. The quantitative estimate of drug-likeness (QED) is 0.748. The van der Waals surface area contributed by atoms with Crippen LogP contribution in [0.3, 0.4) is 0 Å². The van der Waals surface area contributed by atoms with Crippen molar-refractivity contribution in [2.75, 3.05) is 26.3 Å². The second-order valence-corrected chi connectivity index (χ2v) is 10.1. The van der Waals surface area contributed by atoms with Gasteiger partial charge in [0.1, 0.15) is 17.3 Å². The Morgan fingerprint density at radius 2 is 2.00 bits per heavy atom. The van der Waals surface area contributed by atoms with Gasteiger partial charge in [-0.05, 0) is 62.8 Å². The van der Waals surface area contributed by atoms with E-state index < -0.39 is 0 Å². The molecule has 0 spiro atoms. The number of rotatable bonds is 6. The van der Waals surface area contributed by atoms with E-state index in [0.717, 1.165) is 80.9 Å². The third-order valence-electron chi connectivity index (χ3n) is 7.21. The third-order valence-corrected chi connectivity index (χ3v) is 8.38. The Labute approximate surface area is 182 Å². The number of morpholine rings is 1. The Balaban J connectivity index is 1.31. The molecule has 5 rings (SSSR count). The highest BCUT2D eigenvalue weighted by molar-refractivity contribution is 7.19. The van der Waals surface area contributed by atoms with E-state index in [2.05, 4.69) is 21.8 Å². The molecule has 30 heavy (non-hydrogen) atoms. The number of nitrogens with zero attached hydrogens (tertiary/aromatic N) is 3. The van der Waals surface area contributed by atoms with Crippen LogP contribution in [0.25, 0.3) is 10.2 Å². The molecule has 2 atom stereocenters. The van der Waals surface area contributed by atoms with Gasteiger partial charge in [0.05, 0.1) is 24.7 Å². The van der Waals surface area contributed by atoms with E-state index >= 15 is 0 Å². The zero-order chi connectivity index (χ0) is 20.5. The van der Waals surface area contributed by atoms with Gasteiger partial charge < -0.3 is 14.6 Å². The minimum absolute atomic E-state index is 0.233. The molecule has 1 N–H and O–H groups in total. The molecule has 2 aliphatic carbocycles. The van der Waals surface area contributed by atoms with E-state index in [-0.39, 0.29) is 12.2 Å². The highest BCUT2D eigenvalue weighted by atomic mass is 32.1. The van der Waals surface area contributed by atoms with E-state index in [1.165, 1.54) is 23.3 Å². The molecule has 1 saturated carbocycles. The maximum Gasteiger partial charge on any atom is 0.225 e. The second kappa shape index (κ2) is 9.07. The van der Waals surface area contributed by atoms with Crippen LogP contribution in [0, 0.1) is 0 Å². The molecule has 164 valence electrons. The highest BCUT2D eigenvalue weighted by Gasteiger charge is 2.33. The van der Waals surface area contributed by atoms with Crippen molar-refractivity contribution in [3.8, 4) is 5.88 Å². The molecule has 3 aliphatic rings. The summed E-state index contributed by atoms with van der Waals surface area (Å²) in [5.41, 5.74) is 1.36. The Morgan fingerprint density at radius 1 is 1.20 bits per heavy atom. The highest BCUT2D eigenvalue weighted by Crippen LogP contribution is 2.48. The van der Waals surface area contributed by atoms with Crippen molar-refractivity contribution in [1.29, 1.82) is 0 Å². The van der Waals surface area contributed by atoms with E-state index in [4.69, 9.17) is 9.47 Å². The summed E-state index contributed by atoms with van der Waals surface area (Å²) in [6.07, 6.45) is 10.0. The number of fused-ring (bicyclic) bond motifs is 3. The van der Waals surface area contributed by atoms with Crippen molar-refractivity contribution in [1.82, 2.24) is 14.9 Å². The van der Waals surface area contributed by atoms with Gasteiger partial charge in [-0.3, -0.25) is 4.90 Å². The number of aryl methyl sites for hydroxylation is 1. The van der Waals surface area contributed by atoms with Gasteiger partial charge in [-0.2, -0.15) is 0 Å². The van der Waals surface area contributed by atoms with Crippen LogP contribution in [0.2, 0.25) is 0 Å². The Hall–Kier alpha value is -1.28. The third kappa shape index (κ3) is 4.09. The SMILES string of the molecule is CC[C@@H](O)C[C@H]1CCc2sc3ncnc(OC4CCC(N5CCOCC5)CC4)c3c21. The molecule has 2 fully saturated rings. The van der Waals surface area contributed by atoms with Crippen LogP contribution >= 0.6 is 11.3 Å². The van der Waals surface area contributed by atoms with Crippen LogP contribution in [0.1, 0.15) is 68.2 Å². The van der Waals surface area contributed by atoms with Crippen LogP contribution in [-0.2, 0) is 11.2 Å². The predicted molar refractivity (Wildman–Crippen MR) is 118 cm³/mol. The minimum Gasteiger partial charge on any atom is -0.474 e. The smallest absolute Gasteiger partial charge is 0.225 e. The van der Waals surface area contributed by atoms with E-state index in [0.29, 0.717) is 12.0 Å². The monoisotopic (exact) mass is 431 g/mol. The normalized spacial score (nSPS) is 28.5. The van der Waals surface area contributed by atoms with Crippen molar-refractivity contribution < 1.29 is 14.6 Å². The molecular formula is C23H33N3O3S. The number of ether oxygens (including phenoxy) is 2. The van der Waals surface area contributed by atoms with Gasteiger partial charge in [-0.25, -0.2) is 9.97 Å². The molecule has 7 heteroatoms. The van der Waals surface area contributed by atoms with Gasteiger partial charge in [-0.1, -0.05) is 6.92 Å². The number of thiophene rings is 1. The predicted octanol–water partition coefficient (Wildman–Crippen LogP) is 3.90. The molecule has 6 nitrogen and oxygen atoms in total. The summed E-state index contributed by atoms with van der Waals surface area (Å²) in [6.45, 7) is 5.92. The molecule has 0 bridgehead atoms. The molecule has 0 radical (unpaired) electrons. The van der Waals surface area contributed by atoms with Gasteiger partial charge >= 0.3 is 0 Å². The number of aliphatic hydroxyl groups excluding tert-OH is 1. The molecular weight excluding hydrogens is 398 g/mol. The van der Waals surface area contributed by atoms with Gasteiger partial charge in [0.2, 0.25) is 5.88 Å². The largest absolute Gasteiger partial charge is 0.474 e. The fourth-order valence-electron chi connectivity index (χ4n) is 5.49. The van der Waals surface area contributed by atoms with E-state index in [1.807, 2.05) is 0 Å². The van der Waals surface area contributed by atoms with Gasteiger partial charge in [-0.15, -0.1) is 11.3 Å². The summed E-state index contributed by atoms with van der Waals surface area (Å²) in [7, 11) is 0. The number of aromatic nitrogens is 2. The van der Waals surface area contributed by atoms with Crippen LogP contribution < -0.4 is 4.74 Å². The molecule has 0 amide bonds. The first-order chi connectivity index (χ1) is 14.7. The standard InChI is InChI=1S/C23H33N3O3S/c1-2-17(27)13-15-3-8-19-20(15)21-22(24-14-25-23(21)30-19)29-18-6-4-16(5-7-18)26-9-11-28-12-10-26/h14-18,27H,2-13H2,1H3/t15-,16?,17-,18?/m1/s1. The van der Waals surface area contributed by atoms with Gasteiger partial charge in [0.15, 0.2) is 0 Å². The van der Waals surface area contributed by atoms with Crippen LogP contribution in [-0.4, -0.2) is 64.5 Å². The first kappa shape index (κ1) is 20.6. The Kier molecular flexibility index (Phi) is 6.23. The number of hydrogen-bond donors (Lipinski definition) is 1. The average Bonchev–Trinajstić information content (AvgIpc) is 3.35. The van der Waals surface area contributed by atoms with Crippen molar-refractivity contribution in [2.45, 2.75) is 82.5 Å². The summed E-state index contributed by atoms with van der Waals surface area (Å²) in [5, 5.41) is 11.4. The maximum absolute atomic E-state index is 10.2. The van der Waals surface area contributed by atoms with Crippen molar-refractivity contribution >= 4 is 21.6 Å². The second-order valence-electron chi connectivity index (χ2n) is 9.03. The molecule has 2 aromatic rings. The molecule has 0 aromatic carbocycles. The maximum atomic E-state index is 10.2. The van der Waals surface area contributed by atoms with Crippen LogP contribution in [0.4, 0.5) is 0 Å². The molecule has 3 heterocycles. The van der Waals surface area contributed by atoms with Gasteiger partial charge in [0, 0.05) is 24.0 Å². The van der Waals surface area contributed by atoms with Gasteiger partial charge in [0.25, 0.3) is 0 Å². The van der Waals surface area contributed by atoms with Crippen molar-refractivity contribution in [3.05, 3.63) is 16.8 Å². The van der Waals surface area contributed by atoms with Crippen LogP contribution in [0.5, 0.6) is 5.88 Å². The Morgan fingerprint density at radius 3 is 2.77 bits per heavy atom. The zero-order valence-corrected chi connectivity index (χ0v) is 18.7. The molecule has 1 saturated heterocycles. The topological polar surface area (TPSA) is 67.7 Å². The lowest BCUT2D eigenvalue weighted by atomic mass is 9.91. The fraction of sp³-hybridized carbons (Fsp3) is 0.739. The summed E-state index contributed by atoms with van der Waals surface area (Å²) < 4.78 is 12.0. The molecule has 0 unspecified atom stereocenters. The molecule has 1 aliphatic heterocycles. The van der Waals surface area contributed by atoms with E-state index in [1.54, 1.807) is 17.7 Å². The Bertz CT molecular complexity index is 859. The first-order valence-corrected chi connectivity index (χ1v) is 12.5. The fourth-order valence-corrected chi connectivity index (χ4v) is 6.72. The zero-order valence-electron chi connectivity index (χ0n) is 17.9. The molecule has 2 aromatic heterocycles. The number of aliphatic hydroxyl groups is 1. The summed E-state index contributed by atoms with van der Waals surface area (Å²) in [5.74, 6) is 1.17. The minimum atomic E-state index is -0.236.